The molecule has 4 rings (SSSR count). The summed E-state index contributed by atoms with van der Waals surface area (Å²) < 4.78 is 14.5. The Kier molecular flexibility index (Phi) is 7.03. The van der Waals surface area contributed by atoms with E-state index in [2.05, 4.69) is 15.8 Å². The number of para-hydroxylation sites is 1. The van der Waals surface area contributed by atoms with Crippen LogP contribution in [0.25, 0.3) is 10.9 Å². The number of nitrogens with one attached hydrogen (secondary N) is 2. The third-order valence-corrected chi connectivity index (χ3v) is 6.02. The van der Waals surface area contributed by atoms with Crippen LogP contribution in [0.5, 0.6) is 0 Å². The monoisotopic (exact) mass is 476 g/mol. The number of nitrogens with zero attached hydrogens (tertiary/aromatic N) is 2. The smallest absolute Gasteiger partial charge is 0.269 e. The lowest BCUT2D eigenvalue weighted by Gasteiger charge is -2.13. The highest BCUT2D eigenvalue weighted by Crippen LogP contribution is 2.19. The van der Waals surface area contributed by atoms with Gasteiger partial charge < -0.3 is 0 Å². The fourth-order valence-corrected chi connectivity index (χ4v) is 4.04. The SMILES string of the molecule is Cc1ccc(Cn2c(SCC(=O)NNC(=O)c3ccc(F)cc3)nc3ccccc3c2=O)cc1. The van der Waals surface area contributed by atoms with E-state index >= 15 is 0 Å². The number of thioether (sulfide) groups is 1. The van der Waals surface area contributed by atoms with Crippen LogP contribution in [0.1, 0.15) is 21.5 Å². The Morgan fingerprint density at radius 1 is 0.971 bits per heavy atom. The first-order valence-electron chi connectivity index (χ1n) is 10.4. The van der Waals surface area contributed by atoms with Crippen LogP contribution in [0.4, 0.5) is 4.39 Å². The highest BCUT2D eigenvalue weighted by Gasteiger charge is 2.14. The highest BCUT2D eigenvalue weighted by atomic mass is 32.2. The molecule has 0 aliphatic rings. The molecular weight excluding hydrogens is 455 g/mol. The zero-order chi connectivity index (χ0) is 24.1. The van der Waals surface area contributed by atoms with E-state index in [4.69, 9.17) is 0 Å². The number of aromatic nitrogens is 2. The van der Waals surface area contributed by atoms with Crippen molar-refractivity contribution in [3.05, 3.63) is 106 Å². The summed E-state index contributed by atoms with van der Waals surface area (Å²) in [6, 6.07) is 19.8. The molecule has 2 amide bonds. The molecule has 4 aromatic rings. The fourth-order valence-electron chi connectivity index (χ4n) is 3.24. The minimum absolute atomic E-state index is 0.0810. The molecule has 34 heavy (non-hydrogen) atoms. The van der Waals surface area contributed by atoms with Crippen LogP contribution in [0, 0.1) is 12.7 Å². The summed E-state index contributed by atoms with van der Waals surface area (Å²) in [6.07, 6.45) is 0. The first-order valence-corrected chi connectivity index (χ1v) is 11.4. The number of hydrazine groups is 1. The lowest BCUT2D eigenvalue weighted by atomic mass is 10.1. The number of aryl methyl sites for hydroxylation is 1. The molecule has 0 fully saturated rings. The number of benzene rings is 3. The van der Waals surface area contributed by atoms with E-state index in [1.165, 1.54) is 12.1 Å². The molecular formula is C25H21FN4O3S. The van der Waals surface area contributed by atoms with Crippen molar-refractivity contribution in [2.75, 3.05) is 5.75 Å². The second-order valence-corrected chi connectivity index (χ2v) is 8.53. The fraction of sp³-hybridized carbons (Fsp3) is 0.120. The lowest BCUT2D eigenvalue weighted by Crippen LogP contribution is -2.42. The van der Waals surface area contributed by atoms with Gasteiger partial charge in [-0.3, -0.25) is 29.8 Å². The molecule has 0 atom stereocenters. The van der Waals surface area contributed by atoms with Gasteiger partial charge in [-0.05, 0) is 48.9 Å². The predicted octanol–water partition coefficient (Wildman–Crippen LogP) is 3.45. The zero-order valence-corrected chi connectivity index (χ0v) is 19.1. The molecule has 0 saturated carbocycles. The Balaban J connectivity index is 1.49. The quantitative estimate of drug-likeness (QED) is 0.253. The number of carbonyl (C=O) groups is 2. The Morgan fingerprint density at radius 3 is 2.41 bits per heavy atom. The van der Waals surface area contributed by atoms with Gasteiger partial charge in [0.15, 0.2) is 5.16 Å². The van der Waals surface area contributed by atoms with Crippen LogP contribution in [0.15, 0.2) is 82.7 Å². The Labute approximate surface area is 199 Å². The van der Waals surface area contributed by atoms with Crippen LogP contribution in [0.3, 0.4) is 0 Å². The van der Waals surface area contributed by atoms with Crippen molar-refractivity contribution in [1.29, 1.82) is 0 Å². The van der Waals surface area contributed by atoms with Crippen molar-refractivity contribution in [1.82, 2.24) is 20.4 Å². The van der Waals surface area contributed by atoms with Gasteiger partial charge in [-0.2, -0.15) is 0 Å². The number of hydrogen-bond donors (Lipinski definition) is 2. The second kappa shape index (κ2) is 10.3. The van der Waals surface area contributed by atoms with Crippen LogP contribution in [-0.4, -0.2) is 27.1 Å². The molecule has 0 radical (unpaired) electrons. The van der Waals surface area contributed by atoms with E-state index in [0.717, 1.165) is 35.0 Å². The molecule has 0 saturated heterocycles. The van der Waals surface area contributed by atoms with Crippen LogP contribution in [-0.2, 0) is 11.3 Å². The van der Waals surface area contributed by atoms with Gasteiger partial charge in [0, 0.05) is 5.56 Å². The van der Waals surface area contributed by atoms with Crippen molar-refractivity contribution in [2.45, 2.75) is 18.6 Å². The normalized spacial score (nSPS) is 10.8. The first kappa shape index (κ1) is 23.2. The number of halogens is 1. The standard InChI is InChI=1S/C25H21FN4O3S/c1-16-6-8-17(9-7-16)14-30-24(33)20-4-2-3-5-21(20)27-25(30)34-15-22(31)28-29-23(32)18-10-12-19(26)13-11-18/h2-13H,14-15H2,1H3,(H,28,31)(H,29,32). The maximum absolute atomic E-state index is 13.2. The lowest BCUT2D eigenvalue weighted by molar-refractivity contribution is -0.119. The molecule has 0 bridgehead atoms. The number of amides is 2. The molecule has 0 unspecified atom stereocenters. The molecule has 3 aromatic carbocycles. The van der Waals surface area contributed by atoms with Crippen LogP contribution in [0.2, 0.25) is 0 Å². The molecule has 0 aliphatic heterocycles. The third-order valence-electron chi connectivity index (χ3n) is 5.04. The molecule has 1 aromatic heterocycles. The molecule has 0 aliphatic carbocycles. The van der Waals surface area contributed by atoms with E-state index in [9.17, 15) is 18.8 Å². The summed E-state index contributed by atoms with van der Waals surface area (Å²) in [6.45, 7) is 2.30. The van der Waals surface area contributed by atoms with Gasteiger partial charge in [-0.15, -0.1) is 0 Å². The first-order chi connectivity index (χ1) is 16.4. The van der Waals surface area contributed by atoms with Gasteiger partial charge >= 0.3 is 0 Å². The van der Waals surface area contributed by atoms with E-state index in [1.807, 2.05) is 31.2 Å². The molecule has 7 nitrogen and oxygen atoms in total. The summed E-state index contributed by atoms with van der Waals surface area (Å²) in [5.41, 5.74) is 7.21. The van der Waals surface area contributed by atoms with E-state index in [0.29, 0.717) is 22.6 Å². The predicted molar refractivity (Wildman–Crippen MR) is 129 cm³/mol. The average molecular weight is 477 g/mol. The minimum atomic E-state index is -0.571. The summed E-state index contributed by atoms with van der Waals surface area (Å²) in [4.78, 5) is 42.2. The van der Waals surface area contributed by atoms with Gasteiger partial charge in [-0.1, -0.05) is 53.7 Å². The summed E-state index contributed by atoms with van der Waals surface area (Å²) >= 11 is 1.09. The summed E-state index contributed by atoms with van der Waals surface area (Å²) in [5, 5.41) is 0.888. The van der Waals surface area contributed by atoms with Crippen molar-refractivity contribution in [2.24, 2.45) is 0 Å². The van der Waals surface area contributed by atoms with E-state index in [-0.39, 0.29) is 16.9 Å². The van der Waals surface area contributed by atoms with Crippen molar-refractivity contribution in [3.63, 3.8) is 0 Å². The largest absolute Gasteiger partial charge is 0.283 e. The highest BCUT2D eigenvalue weighted by molar-refractivity contribution is 7.99. The topological polar surface area (TPSA) is 93.1 Å². The Bertz CT molecular complexity index is 1400. The average Bonchev–Trinajstić information content (AvgIpc) is 2.85. The second-order valence-electron chi connectivity index (χ2n) is 7.59. The van der Waals surface area contributed by atoms with Crippen LogP contribution < -0.4 is 16.4 Å². The number of carbonyl (C=O) groups excluding carboxylic acids is 2. The molecule has 0 spiro atoms. The Morgan fingerprint density at radius 2 is 1.68 bits per heavy atom. The molecule has 2 N–H and O–H groups in total. The third kappa shape index (κ3) is 5.49. The maximum Gasteiger partial charge on any atom is 0.269 e. The van der Waals surface area contributed by atoms with E-state index in [1.54, 1.807) is 28.8 Å². The maximum atomic E-state index is 13.2. The van der Waals surface area contributed by atoms with Gasteiger partial charge in [0.1, 0.15) is 5.82 Å². The van der Waals surface area contributed by atoms with Crippen molar-refractivity contribution in [3.8, 4) is 0 Å². The van der Waals surface area contributed by atoms with Crippen LogP contribution >= 0.6 is 11.8 Å². The zero-order valence-electron chi connectivity index (χ0n) is 18.2. The molecule has 9 heteroatoms. The van der Waals surface area contributed by atoms with Gasteiger partial charge in [0.2, 0.25) is 5.91 Å². The van der Waals surface area contributed by atoms with Gasteiger partial charge in [0.05, 0.1) is 23.2 Å². The summed E-state index contributed by atoms with van der Waals surface area (Å²) in [7, 11) is 0. The number of rotatable bonds is 6. The number of hydrogen-bond acceptors (Lipinski definition) is 5. The van der Waals surface area contributed by atoms with Crippen molar-refractivity contribution < 1.29 is 14.0 Å². The molecule has 172 valence electrons. The summed E-state index contributed by atoms with van der Waals surface area (Å²) in [5.74, 6) is -1.60. The van der Waals surface area contributed by atoms with Gasteiger partial charge in [-0.25, -0.2) is 9.37 Å². The van der Waals surface area contributed by atoms with E-state index < -0.39 is 17.6 Å². The molecule has 1 heterocycles. The number of fused-ring (bicyclic) bond motifs is 1. The van der Waals surface area contributed by atoms with Crippen molar-refractivity contribution >= 4 is 34.5 Å². The Hall–Kier alpha value is -3.98. The minimum Gasteiger partial charge on any atom is -0.283 e. The van der Waals surface area contributed by atoms with Gasteiger partial charge in [0.25, 0.3) is 11.5 Å².